The summed E-state index contributed by atoms with van der Waals surface area (Å²) in [6.45, 7) is 2.45. The van der Waals surface area contributed by atoms with E-state index in [2.05, 4.69) is 4.98 Å². The van der Waals surface area contributed by atoms with E-state index < -0.39 is 11.7 Å². The number of anilines is 2. The third-order valence-electron chi connectivity index (χ3n) is 4.24. The maximum Gasteiger partial charge on any atom is 0.266 e. The van der Waals surface area contributed by atoms with Crippen LogP contribution in [0.1, 0.15) is 17.3 Å². The second kappa shape index (κ2) is 8.19. The van der Waals surface area contributed by atoms with Gasteiger partial charge in [-0.3, -0.25) is 9.69 Å². The lowest BCUT2D eigenvalue weighted by Gasteiger charge is -2.21. The maximum absolute atomic E-state index is 13.5. The number of halogens is 2. The molecule has 0 saturated carbocycles. The molecule has 0 aliphatic heterocycles. The first-order valence-corrected chi connectivity index (χ1v) is 10.1. The number of hydrogen-bond acceptors (Lipinski definition) is 4. The van der Waals surface area contributed by atoms with Gasteiger partial charge in [0.1, 0.15) is 11.6 Å². The molecule has 4 aromatic rings. The van der Waals surface area contributed by atoms with Gasteiger partial charge in [0.25, 0.3) is 5.91 Å². The van der Waals surface area contributed by atoms with Gasteiger partial charge in [-0.1, -0.05) is 35.1 Å². The van der Waals surface area contributed by atoms with E-state index in [4.69, 9.17) is 16.3 Å². The van der Waals surface area contributed by atoms with Gasteiger partial charge in [0.2, 0.25) is 0 Å². The number of aromatic nitrogens is 1. The highest BCUT2D eigenvalue weighted by molar-refractivity contribution is 7.22. The first kappa shape index (κ1) is 19.4. The molecule has 4 nitrogen and oxygen atoms in total. The first-order chi connectivity index (χ1) is 14.1. The Morgan fingerprint density at radius 3 is 2.59 bits per heavy atom. The lowest BCUT2D eigenvalue weighted by Crippen LogP contribution is -2.26. The number of carbonyl (C=O) groups is 1. The molecule has 0 aliphatic carbocycles. The molecule has 3 aromatic carbocycles. The Kier molecular flexibility index (Phi) is 5.47. The molecule has 0 spiro atoms. The Morgan fingerprint density at radius 2 is 1.90 bits per heavy atom. The normalized spacial score (nSPS) is 10.9. The fourth-order valence-corrected chi connectivity index (χ4v) is 4.14. The molecule has 7 heteroatoms. The Morgan fingerprint density at radius 1 is 1.14 bits per heavy atom. The highest BCUT2D eigenvalue weighted by Crippen LogP contribution is 2.36. The summed E-state index contributed by atoms with van der Waals surface area (Å²) in [7, 11) is 0. The average molecular weight is 427 g/mol. The van der Waals surface area contributed by atoms with Gasteiger partial charge in [-0.25, -0.2) is 9.37 Å². The van der Waals surface area contributed by atoms with Gasteiger partial charge >= 0.3 is 0 Å². The van der Waals surface area contributed by atoms with Gasteiger partial charge in [-0.15, -0.1) is 0 Å². The smallest absolute Gasteiger partial charge is 0.266 e. The summed E-state index contributed by atoms with van der Waals surface area (Å²) in [6.07, 6.45) is 0. The number of ether oxygens (including phenoxy) is 1. The van der Waals surface area contributed by atoms with E-state index in [-0.39, 0.29) is 10.6 Å². The van der Waals surface area contributed by atoms with E-state index >= 15 is 0 Å². The third kappa shape index (κ3) is 3.95. The topological polar surface area (TPSA) is 42.4 Å². The largest absolute Gasteiger partial charge is 0.494 e. The second-order valence-electron chi connectivity index (χ2n) is 6.16. The minimum atomic E-state index is -0.501. The number of nitrogens with zero attached hydrogens (tertiary/aromatic N) is 2. The van der Waals surface area contributed by atoms with E-state index in [0.717, 1.165) is 16.3 Å². The quantitative estimate of drug-likeness (QED) is 0.367. The zero-order chi connectivity index (χ0) is 20.4. The van der Waals surface area contributed by atoms with Crippen molar-refractivity contribution < 1.29 is 13.9 Å². The molecule has 29 heavy (non-hydrogen) atoms. The van der Waals surface area contributed by atoms with Crippen molar-refractivity contribution in [3.8, 4) is 5.75 Å². The zero-order valence-electron chi connectivity index (χ0n) is 15.4. The van der Waals surface area contributed by atoms with Crippen molar-refractivity contribution in [3.05, 3.63) is 83.1 Å². The SMILES string of the molecule is CCOc1ccc(N(C(=O)c2ccc(F)cc2Cl)c2nc3ccccc3s2)cc1. The van der Waals surface area contributed by atoms with Crippen molar-refractivity contribution >= 4 is 49.9 Å². The van der Waals surface area contributed by atoms with E-state index in [1.807, 2.05) is 31.2 Å². The molecule has 0 bridgehead atoms. The molecule has 1 aromatic heterocycles. The molecule has 1 amide bonds. The number of thiazole rings is 1. The third-order valence-corrected chi connectivity index (χ3v) is 5.58. The number of hydrogen-bond donors (Lipinski definition) is 0. The van der Waals surface area contributed by atoms with Crippen LogP contribution in [0.5, 0.6) is 5.75 Å². The fraction of sp³-hybridized carbons (Fsp3) is 0.0909. The average Bonchev–Trinajstić information content (AvgIpc) is 3.13. The lowest BCUT2D eigenvalue weighted by atomic mass is 10.1. The Bertz CT molecular complexity index is 1140. The molecule has 0 N–H and O–H groups in total. The molecule has 4 rings (SSSR count). The van der Waals surface area contributed by atoms with Crippen LogP contribution in [-0.4, -0.2) is 17.5 Å². The van der Waals surface area contributed by atoms with Crippen LogP contribution in [0.4, 0.5) is 15.2 Å². The number of fused-ring (bicyclic) bond motifs is 1. The molecule has 0 fully saturated rings. The van der Waals surface area contributed by atoms with E-state index in [0.29, 0.717) is 23.2 Å². The number of benzene rings is 3. The number of rotatable bonds is 5. The predicted octanol–water partition coefficient (Wildman–Crippen LogP) is 6.47. The maximum atomic E-state index is 13.5. The van der Waals surface area contributed by atoms with Crippen molar-refractivity contribution in [1.29, 1.82) is 0 Å². The van der Waals surface area contributed by atoms with Crippen molar-refractivity contribution in [3.63, 3.8) is 0 Å². The van der Waals surface area contributed by atoms with Crippen molar-refractivity contribution in [1.82, 2.24) is 4.98 Å². The van der Waals surface area contributed by atoms with Crippen LogP contribution < -0.4 is 9.64 Å². The van der Waals surface area contributed by atoms with Gasteiger partial charge in [-0.2, -0.15) is 0 Å². The lowest BCUT2D eigenvalue weighted by molar-refractivity contribution is 0.0999. The van der Waals surface area contributed by atoms with Crippen LogP contribution in [0.25, 0.3) is 10.2 Å². The molecule has 1 heterocycles. The van der Waals surface area contributed by atoms with Crippen molar-refractivity contribution in [2.24, 2.45) is 0 Å². The summed E-state index contributed by atoms with van der Waals surface area (Å²) >= 11 is 7.56. The highest BCUT2D eigenvalue weighted by atomic mass is 35.5. The molecule has 0 saturated heterocycles. The highest BCUT2D eigenvalue weighted by Gasteiger charge is 2.25. The minimum Gasteiger partial charge on any atom is -0.494 e. The van der Waals surface area contributed by atoms with Crippen molar-refractivity contribution in [2.75, 3.05) is 11.5 Å². The molecule has 146 valence electrons. The summed E-state index contributed by atoms with van der Waals surface area (Å²) in [5, 5.41) is 0.549. The van der Waals surface area contributed by atoms with E-state index in [9.17, 15) is 9.18 Å². The Hall–Kier alpha value is -2.96. The summed E-state index contributed by atoms with van der Waals surface area (Å²) in [4.78, 5) is 19.5. The summed E-state index contributed by atoms with van der Waals surface area (Å²) in [5.41, 5.74) is 1.60. The van der Waals surface area contributed by atoms with Crippen LogP contribution in [0, 0.1) is 5.82 Å². The molecule has 0 radical (unpaired) electrons. The second-order valence-corrected chi connectivity index (χ2v) is 7.57. The van der Waals surface area contributed by atoms with Crippen LogP contribution in [0.2, 0.25) is 5.02 Å². The van der Waals surface area contributed by atoms with Crippen LogP contribution >= 0.6 is 22.9 Å². The molecular formula is C22H16ClFN2O2S. The van der Waals surface area contributed by atoms with Crippen molar-refractivity contribution in [2.45, 2.75) is 6.92 Å². The molecule has 0 atom stereocenters. The van der Waals surface area contributed by atoms with E-state index in [1.54, 1.807) is 24.3 Å². The van der Waals surface area contributed by atoms with Gasteiger partial charge in [0.15, 0.2) is 5.13 Å². The fourth-order valence-electron chi connectivity index (χ4n) is 2.91. The number of carbonyl (C=O) groups excluding carboxylic acids is 1. The Balaban J connectivity index is 1.82. The van der Waals surface area contributed by atoms with Gasteiger partial charge in [0, 0.05) is 0 Å². The van der Waals surface area contributed by atoms with Gasteiger partial charge in [0.05, 0.1) is 33.1 Å². The van der Waals surface area contributed by atoms with E-state index in [1.165, 1.54) is 28.4 Å². The summed E-state index contributed by atoms with van der Waals surface area (Å²) < 4.78 is 19.9. The van der Waals surface area contributed by atoms with Crippen LogP contribution in [0.15, 0.2) is 66.7 Å². The van der Waals surface area contributed by atoms with Gasteiger partial charge in [-0.05, 0) is 61.5 Å². The minimum absolute atomic E-state index is 0.0482. The monoisotopic (exact) mass is 426 g/mol. The zero-order valence-corrected chi connectivity index (χ0v) is 17.0. The number of para-hydroxylation sites is 1. The van der Waals surface area contributed by atoms with Crippen LogP contribution in [0.3, 0.4) is 0 Å². The first-order valence-electron chi connectivity index (χ1n) is 8.95. The molecule has 0 aliphatic rings. The van der Waals surface area contributed by atoms with Gasteiger partial charge < -0.3 is 4.74 Å². The molecular weight excluding hydrogens is 411 g/mol. The predicted molar refractivity (Wildman–Crippen MR) is 115 cm³/mol. The standard InChI is InChI=1S/C22H16ClFN2O2S/c1-2-28-16-10-8-15(9-11-16)26(21(27)17-12-7-14(24)13-18(17)23)22-25-19-5-3-4-6-20(19)29-22/h3-13H,2H2,1H3. The Labute approximate surface area is 176 Å². The summed E-state index contributed by atoms with van der Waals surface area (Å²) in [5.74, 6) is -0.190. The number of amides is 1. The van der Waals surface area contributed by atoms with Crippen LogP contribution in [-0.2, 0) is 0 Å². The summed E-state index contributed by atoms with van der Waals surface area (Å²) in [6, 6.07) is 18.5. The molecule has 0 unspecified atom stereocenters.